The van der Waals surface area contributed by atoms with E-state index < -0.39 is 17.6 Å². The smallest absolute Gasteiger partial charge is 0.206 e. The topological polar surface area (TPSA) is 0 Å². The zero-order valence-electron chi connectivity index (χ0n) is 25.0. The van der Waals surface area contributed by atoms with Gasteiger partial charge >= 0.3 is 6.18 Å². The fourth-order valence-electron chi connectivity index (χ4n) is 9.39. The van der Waals surface area contributed by atoms with Crippen molar-refractivity contribution in [2.75, 3.05) is 0 Å². The van der Waals surface area contributed by atoms with Crippen molar-refractivity contribution in [3.05, 3.63) is 40.7 Å². The molecule has 4 aliphatic carbocycles. The van der Waals surface area contributed by atoms with Gasteiger partial charge in [0.2, 0.25) is 0 Å². The van der Waals surface area contributed by atoms with Gasteiger partial charge in [-0.1, -0.05) is 76.7 Å². The summed E-state index contributed by atoms with van der Waals surface area (Å²) in [6.45, 7) is 4.54. The minimum absolute atomic E-state index is 0.00209. The van der Waals surface area contributed by atoms with Gasteiger partial charge in [0, 0.05) is 0 Å². The molecule has 0 N–H and O–H groups in total. The van der Waals surface area contributed by atoms with Gasteiger partial charge in [0.1, 0.15) is 5.82 Å². The molecular weight excluding hydrogens is 508 g/mol. The molecule has 4 fully saturated rings. The summed E-state index contributed by atoms with van der Waals surface area (Å²) in [5.74, 6) is 3.74. The van der Waals surface area contributed by atoms with E-state index in [9.17, 15) is 13.2 Å². The van der Waals surface area contributed by atoms with Crippen LogP contribution in [0.4, 0.5) is 17.6 Å². The highest BCUT2D eigenvalue weighted by Gasteiger charge is 2.41. The first-order valence-electron chi connectivity index (χ1n) is 16.8. The predicted molar refractivity (Wildman–Crippen MR) is 157 cm³/mol. The van der Waals surface area contributed by atoms with Crippen molar-refractivity contribution >= 4 is 6.08 Å². The van der Waals surface area contributed by atoms with Crippen LogP contribution < -0.4 is 0 Å². The molecule has 0 saturated heterocycles. The van der Waals surface area contributed by atoms with E-state index in [1.165, 1.54) is 70.6 Å². The third-order valence-electron chi connectivity index (χ3n) is 11.8. The Labute approximate surface area is 240 Å². The zero-order valence-corrected chi connectivity index (χ0v) is 25.0. The maximum atomic E-state index is 15.7. The highest BCUT2D eigenvalue weighted by molar-refractivity contribution is 5.57. The van der Waals surface area contributed by atoms with E-state index >= 15 is 4.39 Å². The van der Waals surface area contributed by atoms with E-state index in [0.717, 1.165) is 62.2 Å². The van der Waals surface area contributed by atoms with Gasteiger partial charge < -0.3 is 0 Å². The number of allylic oxidation sites excluding steroid dienone is 1. The van der Waals surface area contributed by atoms with Crippen LogP contribution in [0.3, 0.4) is 0 Å². The summed E-state index contributed by atoms with van der Waals surface area (Å²) in [5.41, 5.74) is -0.743. The Morgan fingerprint density at radius 2 is 1.32 bits per heavy atom. The molecule has 0 radical (unpaired) electrons. The van der Waals surface area contributed by atoms with E-state index in [2.05, 4.69) is 13.8 Å². The summed E-state index contributed by atoms with van der Waals surface area (Å²) >= 11 is 0. The maximum absolute atomic E-state index is 15.7. The van der Waals surface area contributed by atoms with E-state index in [1.807, 2.05) is 6.08 Å². The molecule has 0 heterocycles. The summed E-state index contributed by atoms with van der Waals surface area (Å²) in [6, 6.07) is 3.23. The molecule has 0 spiro atoms. The van der Waals surface area contributed by atoms with Crippen molar-refractivity contribution in [1.82, 2.24) is 0 Å². The Balaban J connectivity index is 1.22. The average Bonchev–Trinajstić information content (AvgIpc) is 2.96. The van der Waals surface area contributed by atoms with Crippen molar-refractivity contribution in [1.29, 1.82) is 0 Å². The lowest BCUT2D eigenvalue weighted by Gasteiger charge is -2.42. The molecule has 5 rings (SSSR count). The molecule has 0 aromatic heterocycles. The first-order valence-corrected chi connectivity index (χ1v) is 16.8. The van der Waals surface area contributed by atoms with Crippen molar-refractivity contribution in [3.63, 3.8) is 0 Å². The van der Waals surface area contributed by atoms with Crippen LogP contribution >= 0.6 is 0 Å². The van der Waals surface area contributed by atoms with Crippen LogP contribution in [0.25, 0.3) is 6.08 Å². The lowest BCUT2D eigenvalue weighted by molar-refractivity contribution is -0.140. The average molecular weight is 561 g/mol. The number of fused-ring (bicyclic) bond motifs is 1. The summed E-state index contributed by atoms with van der Waals surface area (Å²) in [7, 11) is 0. The summed E-state index contributed by atoms with van der Waals surface area (Å²) in [5, 5.41) is 0. The molecule has 4 aliphatic rings. The van der Waals surface area contributed by atoms with Gasteiger partial charge in [-0.25, -0.2) is 4.39 Å². The number of hydrogen-bond donors (Lipinski definition) is 0. The lowest BCUT2D eigenvalue weighted by atomic mass is 9.63. The monoisotopic (exact) mass is 560 g/mol. The summed E-state index contributed by atoms with van der Waals surface area (Å²) in [4.78, 5) is 0. The summed E-state index contributed by atoms with van der Waals surface area (Å²) in [6.07, 6.45) is 18.9. The Hall–Kier alpha value is -1.32. The van der Waals surface area contributed by atoms with Gasteiger partial charge in [-0.15, -0.1) is 0 Å². The van der Waals surface area contributed by atoms with E-state index in [0.29, 0.717) is 23.3 Å². The largest absolute Gasteiger partial charge is 0.419 e. The van der Waals surface area contributed by atoms with Crippen LogP contribution in [0, 0.1) is 47.2 Å². The molecule has 0 bridgehead atoms. The van der Waals surface area contributed by atoms with Crippen molar-refractivity contribution in [3.8, 4) is 0 Å². The Bertz CT molecular complexity index is 977. The number of alkyl halides is 3. The van der Waals surface area contributed by atoms with Gasteiger partial charge in [-0.2, -0.15) is 13.2 Å². The molecule has 224 valence electrons. The van der Waals surface area contributed by atoms with Gasteiger partial charge in [-0.3, -0.25) is 0 Å². The summed E-state index contributed by atoms with van der Waals surface area (Å²) < 4.78 is 58.4. The molecule has 1 aromatic carbocycles. The van der Waals surface area contributed by atoms with Crippen LogP contribution in [0.2, 0.25) is 0 Å². The Morgan fingerprint density at radius 1 is 0.725 bits per heavy atom. The molecule has 0 amide bonds. The lowest BCUT2D eigenvalue weighted by Crippen LogP contribution is -2.30. The molecule has 40 heavy (non-hydrogen) atoms. The van der Waals surface area contributed by atoms with Gasteiger partial charge in [0.05, 0.1) is 5.56 Å². The first-order chi connectivity index (χ1) is 19.3. The number of benzene rings is 1. The zero-order chi connectivity index (χ0) is 28.3. The van der Waals surface area contributed by atoms with Crippen LogP contribution in [0.15, 0.2) is 18.2 Å². The van der Waals surface area contributed by atoms with E-state index in [-0.39, 0.29) is 11.5 Å². The van der Waals surface area contributed by atoms with Crippen LogP contribution in [0.5, 0.6) is 0 Å². The normalized spacial score (nSPS) is 35.5. The van der Waals surface area contributed by atoms with Crippen LogP contribution in [0.1, 0.15) is 146 Å². The van der Waals surface area contributed by atoms with Crippen molar-refractivity contribution in [2.45, 2.75) is 135 Å². The molecule has 4 unspecified atom stereocenters. The Kier molecular flexibility index (Phi) is 10.0. The second-order valence-electron chi connectivity index (χ2n) is 14.2. The minimum atomic E-state index is -4.69. The molecule has 0 nitrogen and oxygen atoms in total. The van der Waals surface area contributed by atoms with Crippen LogP contribution in [-0.2, 0) is 6.18 Å². The number of rotatable bonds is 7. The van der Waals surface area contributed by atoms with E-state index in [1.54, 1.807) is 18.2 Å². The second kappa shape index (κ2) is 13.3. The molecule has 0 aliphatic heterocycles. The van der Waals surface area contributed by atoms with Crippen molar-refractivity contribution in [2.24, 2.45) is 41.4 Å². The highest BCUT2D eigenvalue weighted by Crippen LogP contribution is 2.50. The van der Waals surface area contributed by atoms with Gasteiger partial charge in [0.25, 0.3) is 0 Å². The standard InChI is InChI=1S/C36H52F4/c1-3-5-25-7-12-27(13-8-25)28-14-9-26(10-15-28)11-16-29-20-21-33(35(37)34(29)36(38,39)40)32-19-18-30-22-24(4-2)6-17-31(30)23-32/h11,16,20-21,24-28,30-32H,3-10,12-15,17-19,22-23H2,1-2H3. The molecular formula is C36H52F4. The van der Waals surface area contributed by atoms with Crippen LogP contribution in [-0.4, -0.2) is 0 Å². The SMILES string of the molecule is CCCC1CCC(C2CCC(C=Cc3ccc(C4CCC5CC(CC)CCC5C4)c(F)c3C(F)(F)F)CC2)CC1. The molecule has 4 atom stereocenters. The quantitative estimate of drug-likeness (QED) is 0.291. The first kappa shape index (κ1) is 30.1. The molecule has 1 aromatic rings. The van der Waals surface area contributed by atoms with Crippen molar-refractivity contribution < 1.29 is 17.6 Å². The minimum Gasteiger partial charge on any atom is -0.206 e. The number of halogens is 4. The van der Waals surface area contributed by atoms with Gasteiger partial charge in [-0.05, 0) is 129 Å². The maximum Gasteiger partial charge on any atom is 0.419 e. The van der Waals surface area contributed by atoms with E-state index in [4.69, 9.17) is 0 Å². The number of hydrogen-bond acceptors (Lipinski definition) is 0. The third-order valence-corrected chi connectivity index (χ3v) is 11.8. The molecule has 4 saturated carbocycles. The fraction of sp³-hybridized carbons (Fsp3) is 0.778. The molecule has 4 heteroatoms. The second-order valence-corrected chi connectivity index (χ2v) is 14.2. The fourth-order valence-corrected chi connectivity index (χ4v) is 9.39. The highest BCUT2D eigenvalue weighted by atomic mass is 19.4. The predicted octanol–water partition coefficient (Wildman–Crippen LogP) is 12.0. The Morgan fingerprint density at radius 3 is 1.98 bits per heavy atom. The van der Waals surface area contributed by atoms with Gasteiger partial charge in [0.15, 0.2) is 0 Å². The third kappa shape index (κ3) is 7.00.